The Labute approximate surface area is 156 Å². The molecule has 4 rings (SSSR count). The van der Waals surface area contributed by atoms with Gasteiger partial charge in [-0.3, -0.25) is 9.79 Å². The van der Waals surface area contributed by atoms with Crippen molar-refractivity contribution in [2.24, 2.45) is 4.99 Å². The Kier molecular flexibility index (Phi) is 5.36. The molecule has 1 fully saturated rings. The first kappa shape index (κ1) is 17.0. The molecular weight excluding hydrogens is 352 g/mol. The Bertz CT molecular complexity index is 792. The summed E-state index contributed by atoms with van der Waals surface area (Å²) < 4.78 is 7.14. The predicted octanol–water partition coefficient (Wildman–Crippen LogP) is 4.79. The van der Waals surface area contributed by atoms with E-state index in [0.29, 0.717) is 5.76 Å². The van der Waals surface area contributed by atoms with Crippen LogP contribution in [0.25, 0.3) is 11.0 Å². The van der Waals surface area contributed by atoms with E-state index in [1.165, 1.54) is 12.8 Å². The van der Waals surface area contributed by atoms with Crippen LogP contribution >= 0.6 is 23.5 Å². The molecule has 132 valence electrons. The SMILES string of the molecule is O=C(c1oc2ccccc2c1CSC1=NCCS1)N1CCCCCC1. The zero-order valence-corrected chi connectivity index (χ0v) is 15.8. The number of hydrogen-bond donors (Lipinski definition) is 0. The minimum atomic E-state index is 0.0507. The minimum Gasteiger partial charge on any atom is -0.451 e. The molecule has 0 unspecified atom stereocenters. The fourth-order valence-corrected chi connectivity index (χ4v) is 5.41. The van der Waals surface area contributed by atoms with Gasteiger partial charge in [0, 0.05) is 35.5 Å². The molecule has 0 spiro atoms. The van der Waals surface area contributed by atoms with Crippen LogP contribution < -0.4 is 0 Å². The van der Waals surface area contributed by atoms with E-state index in [9.17, 15) is 4.79 Å². The highest BCUT2D eigenvalue weighted by Gasteiger charge is 2.26. The summed E-state index contributed by atoms with van der Waals surface area (Å²) in [4.78, 5) is 19.6. The lowest BCUT2D eigenvalue weighted by atomic mass is 10.1. The van der Waals surface area contributed by atoms with E-state index in [-0.39, 0.29) is 5.91 Å². The number of benzene rings is 1. The van der Waals surface area contributed by atoms with Gasteiger partial charge in [0.1, 0.15) is 9.96 Å². The molecule has 1 amide bonds. The fourth-order valence-electron chi connectivity index (χ4n) is 3.37. The molecule has 0 radical (unpaired) electrons. The molecule has 0 atom stereocenters. The van der Waals surface area contributed by atoms with Crippen molar-refractivity contribution in [2.75, 3.05) is 25.4 Å². The molecule has 1 aromatic heterocycles. The molecule has 2 aromatic rings. The van der Waals surface area contributed by atoms with E-state index in [1.807, 2.05) is 23.1 Å². The number of thioether (sulfide) groups is 2. The number of fused-ring (bicyclic) bond motifs is 1. The number of aliphatic imine (C=N–C) groups is 1. The van der Waals surface area contributed by atoms with Crippen LogP contribution in [0.3, 0.4) is 0 Å². The van der Waals surface area contributed by atoms with Gasteiger partial charge in [-0.1, -0.05) is 54.6 Å². The van der Waals surface area contributed by atoms with Gasteiger partial charge in [0.25, 0.3) is 5.91 Å². The van der Waals surface area contributed by atoms with Gasteiger partial charge < -0.3 is 9.32 Å². The quantitative estimate of drug-likeness (QED) is 0.775. The monoisotopic (exact) mass is 374 g/mol. The van der Waals surface area contributed by atoms with Gasteiger partial charge in [0.15, 0.2) is 5.76 Å². The van der Waals surface area contributed by atoms with Crippen molar-refractivity contribution in [2.45, 2.75) is 31.4 Å². The number of rotatable bonds is 3. The van der Waals surface area contributed by atoms with Crippen LogP contribution in [-0.4, -0.2) is 40.6 Å². The third-order valence-electron chi connectivity index (χ3n) is 4.68. The van der Waals surface area contributed by atoms with E-state index in [2.05, 4.69) is 11.1 Å². The molecule has 2 aliphatic rings. The molecule has 1 aromatic carbocycles. The van der Waals surface area contributed by atoms with Crippen molar-refractivity contribution in [1.29, 1.82) is 0 Å². The van der Waals surface area contributed by atoms with E-state index in [4.69, 9.17) is 4.42 Å². The maximum absolute atomic E-state index is 13.1. The van der Waals surface area contributed by atoms with Gasteiger partial charge in [0.2, 0.25) is 0 Å². The minimum absolute atomic E-state index is 0.0507. The van der Waals surface area contributed by atoms with Gasteiger partial charge in [-0.25, -0.2) is 0 Å². The maximum Gasteiger partial charge on any atom is 0.289 e. The molecule has 0 N–H and O–H groups in total. The average Bonchev–Trinajstić information content (AvgIpc) is 3.19. The lowest BCUT2D eigenvalue weighted by molar-refractivity contribution is 0.0731. The van der Waals surface area contributed by atoms with Crippen LogP contribution in [-0.2, 0) is 5.75 Å². The first-order valence-corrected chi connectivity index (χ1v) is 10.9. The maximum atomic E-state index is 13.1. The summed E-state index contributed by atoms with van der Waals surface area (Å²) in [7, 11) is 0. The Morgan fingerprint density at radius 3 is 2.76 bits per heavy atom. The second-order valence-electron chi connectivity index (χ2n) is 6.40. The van der Waals surface area contributed by atoms with Crippen molar-refractivity contribution in [3.05, 3.63) is 35.6 Å². The Morgan fingerprint density at radius 1 is 1.20 bits per heavy atom. The van der Waals surface area contributed by atoms with Crippen molar-refractivity contribution in [3.8, 4) is 0 Å². The predicted molar refractivity (Wildman–Crippen MR) is 107 cm³/mol. The van der Waals surface area contributed by atoms with Gasteiger partial charge in [0.05, 0.1) is 6.54 Å². The first-order valence-electron chi connectivity index (χ1n) is 8.92. The Hall–Kier alpha value is -1.40. The van der Waals surface area contributed by atoms with Crippen molar-refractivity contribution in [1.82, 2.24) is 4.90 Å². The first-order chi connectivity index (χ1) is 12.3. The number of para-hydroxylation sites is 1. The molecule has 2 aliphatic heterocycles. The van der Waals surface area contributed by atoms with Crippen LogP contribution in [0.2, 0.25) is 0 Å². The standard InChI is InChI=1S/C19H22N2O2S2/c22-18(21-10-5-1-2-6-11-21)17-15(13-25-19-20-9-12-24-19)14-7-3-4-8-16(14)23-17/h3-4,7-8H,1-2,5-6,9-13H2. The largest absolute Gasteiger partial charge is 0.451 e. The normalized spacial score (nSPS) is 18.4. The number of carbonyl (C=O) groups is 1. The molecule has 0 aliphatic carbocycles. The number of hydrogen-bond acceptors (Lipinski definition) is 5. The van der Waals surface area contributed by atoms with E-state index in [1.54, 1.807) is 23.5 Å². The van der Waals surface area contributed by atoms with Gasteiger partial charge in [-0.15, -0.1) is 0 Å². The van der Waals surface area contributed by atoms with E-state index < -0.39 is 0 Å². The summed E-state index contributed by atoms with van der Waals surface area (Å²) >= 11 is 3.52. The lowest BCUT2D eigenvalue weighted by Crippen LogP contribution is -2.32. The summed E-state index contributed by atoms with van der Waals surface area (Å²) in [6.07, 6.45) is 4.60. The van der Waals surface area contributed by atoms with E-state index in [0.717, 1.165) is 64.9 Å². The highest BCUT2D eigenvalue weighted by atomic mass is 32.2. The lowest BCUT2D eigenvalue weighted by Gasteiger charge is -2.19. The Morgan fingerprint density at radius 2 is 2.00 bits per heavy atom. The molecule has 25 heavy (non-hydrogen) atoms. The molecule has 4 nitrogen and oxygen atoms in total. The van der Waals surface area contributed by atoms with Crippen LogP contribution in [0, 0.1) is 0 Å². The molecule has 0 saturated carbocycles. The van der Waals surface area contributed by atoms with Gasteiger partial charge in [-0.2, -0.15) is 0 Å². The van der Waals surface area contributed by atoms with Crippen molar-refractivity contribution >= 4 is 44.8 Å². The molecule has 1 saturated heterocycles. The highest BCUT2D eigenvalue weighted by molar-refractivity contribution is 8.38. The zero-order chi connectivity index (χ0) is 17.1. The van der Waals surface area contributed by atoms with E-state index >= 15 is 0 Å². The molecule has 0 bridgehead atoms. The summed E-state index contributed by atoms with van der Waals surface area (Å²) in [5.41, 5.74) is 1.82. The molecule has 3 heterocycles. The number of carbonyl (C=O) groups excluding carboxylic acids is 1. The molecular formula is C19H22N2O2S2. The second-order valence-corrected chi connectivity index (χ2v) is 8.70. The van der Waals surface area contributed by atoms with Gasteiger partial charge in [-0.05, 0) is 18.9 Å². The van der Waals surface area contributed by atoms with Crippen molar-refractivity contribution in [3.63, 3.8) is 0 Å². The number of nitrogens with zero attached hydrogens (tertiary/aromatic N) is 2. The number of amides is 1. The average molecular weight is 375 g/mol. The third kappa shape index (κ3) is 3.75. The number of likely N-dealkylation sites (tertiary alicyclic amines) is 1. The summed E-state index contributed by atoms with van der Waals surface area (Å²) in [6, 6.07) is 7.97. The Balaban J connectivity index is 1.64. The zero-order valence-electron chi connectivity index (χ0n) is 14.2. The highest BCUT2D eigenvalue weighted by Crippen LogP contribution is 2.33. The second kappa shape index (κ2) is 7.87. The van der Waals surface area contributed by atoms with Crippen LogP contribution in [0.5, 0.6) is 0 Å². The van der Waals surface area contributed by atoms with Gasteiger partial charge >= 0.3 is 0 Å². The molecule has 6 heteroatoms. The van der Waals surface area contributed by atoms with Crippen molar-refractivity contribution < 1.29 is 9.21 Å². The third-order valence-corrected chi connectivity index (χ3v) is 6.96. The smallest absolute Gasteiger partial charge is 0.289 e. The number of furan rings is 1. The van der Waals surface area contributed by atoms with Crippen LogP contribution in [0.1, 0.15) is 41.8 Å². The van der Waals surface area contributed by atoms with Crippen LogP contribution in [0.15, 0.2) is 33.7 Å². The topological polar surface area (TPSA) is 45.8 Å². The summed E-state index contributed by atoms with van der Waals surface area (Å²) in [6.45, 7) is 2.58. The fraction of sp³-hybridized carbons (Fsp3) is 0.474. The summed E-state index contributed by atoms with van der Waals surface area (Å²) in [5.74, 6) is 2.38. The van der Waals surface area contributed by atoms with Crippen LogP contribution in [0.4, 0.5) is 0 Å². The summed E-state index contributed by atoms with van der Waals surface area (Å²) in [5, 5.41) is 1.05.